The van der Waals surface area contributed by atoms with Crippen molar-refractivity contribution >= 4 is 0 Å². The van der Waals surface area contributed by atoms with Gasteiger partial charge in [0.25, 0.3) is 0 Å². The highest BCUT2D eigenvalue weighted by Gasteiger charge is 2.19. The molecule has 0 aliphatic heterocycles. The number of aromatic nitrogens is 2. The van der Waals surface area contributed by atoms with Gasteiger partial charge in [-0.3, -0.25) is 0 Å². The minimum absolute atomic E-state index is 0.401. The molecule has 1 N–H and O–H groups in total. The Morgan fingerprint density at radius 1 is 1.50 bits per heavy atom. The first kappa shape index (κ1) is 9.65. The van der Waals surface area contributed by atoms with E-state index in [4.69, 9.17) is 4.52 Å². The molecule has 0 spiro atoms. The van der Waals surface area contributed by atoms with Crippen LogP contribution in [0.1, 0.15) is 50.4 Å². The van der Waals surface area contributed by atoms with E-state index in [1.165, 1.54) is 25.7 Å². The molecule has 2 rings (SSSR count). The summed E-state index contributed by atoms with van der Waals surface area (Å²) < 4.78 is 5.07. The van der Waals surface area contributed by atoms with Crippen LogP contribution in [0, 0.1) is 5.92 Å². The van der Waals surface area contributed by atoms with Gasteiger partial charge < -0.3 is 9.63 Å². The zero-order chi connectivity index (χ0) is 9.97. The average Bonchev–Trinajstić information content (AvgIpc) is 2.75. The SMILES string of the molecule is CC(O)c1noc(CC2CCCC2)n1. The van der Waals surface area contributed by atoms with E-state index in [0.717, 1.165) is 6.42 Å². The first-order valence-corrected chi connectivity index (χ1v) is 5.26. The van der Waals surface area contributed by atoms with Crippen LogP contribution in [-0.2, 0) is 6.42 Å². The van der Waals surface area contributed by atoms with E-state index < -0.39 is 6.10 Å². The highest BCUT2D eigenvalue weighted by Crippen LogP contribution is 2.27. The van der Waals surface area contributed by atoms with Crippen LogP contribution in [0.25, 0.3) is 0 Å². The van der Waals surface area contributed by atoms with Gasteiger partial charge in [0, 0.05) is 6.42 Å². The Hall–Kier alpha value is -0.900. The molecule has 1 atom stereocenters. The maximum absolute atomic E-state index is 9.21. The van der Waals surface area contributed by atoms with Gasteiger partial charge >= 0.3 is 0 Å². The summed E-state index contributed by atoms with van der Waals surface area (Å²) in [5.74, 6) is 1.78. The lowest BCUT2D eigenvalue weighted by Crippen LogP contribution is -1.99. The quantitative estimate of drug-likeness (QED) is 0.801. The van der Waals surface area contributed by atoms with Crippen LogP contribution in [0.4, 0.5) is 0 Å². The predicted molar refractivity (Wildman–Crippen MR) is 50.6 cm³/mol. The van der Waals surface area contributed by atoms with Crippen molar-refractivity contribution in [2.75, 3.05) is 0 Å². The second-order valence-corrected chi connectivity index (χ2v) is 4.08. The summed E-state index contributed by atoms with van der Waals surface area (Å²) in [6.07, 6.45) is 5.43. The molecule has 1 aromatic heterocycles. The van der Waals surface area contributed by atoms with E-state index in [0.29, 0.717) is 17.6 Å². The summed E-state index contributed by atoms with van der Waals surface area (Å²) in [7, 11) is 0. The van der Waals surface area contributed by atoms with Gasteiger partial charge in [-0.1, -0.05) is 18.0 Å². The standard InChI is InChI=1S/C10H16N2O2/c1-7(13)10-11-9(14-12-10)6-8-4-2-3-5-8/h7-8,13H,2-6H2,1H3. The van der Waals surface area contributed by atoms with Crippen LogP contribution in [0.15, 0.2) is 4.52 Å². The number of hydrogen-bond donors (Lipinski definition) is 1. The van der Waals surface area contributed by atoms with Crippen molar-refractivity contribution in [2.45, 2.75) is 45.1 Å². The summed E-state index contributed by atoms with van der Waals surface area (Å²) >= 11 is 0. The third-order valence-electron chi connectivity index (χ3n) is 2.80. The Balaban J connectivity index is 1.95. The van der Waals surface area contributed by atoms with Crippen molar-refractivity contribution in [3.05, 3.63) is 11.7 Å². The van der Waals surface area contributed by atoms with Gasteiger partial charge in [0.15, 0.2) is 5.82 Å². The Labute approximate surface area is 83.3 Å². The van der Waals surface area contributed by atoms with E-state index >= 15 is 0 Å². The summed E-state index contributed by atoms with van der Waals surface area (Å²) in [5, 5.41) is 12.9. The predicted octanol–water partition coefficient (Wildman–Crippen LogP) is 1.86. The number of aliphatic hydroxyl groups excluding tert-OH is 1. The maximum atomic E-state index is 9.21. The molecular formula is C10H16N2O2. The van der Waals surface area contributed by atoms with Gasteiger partial charge in [0.05, 0.1) is 0 Å². The topological polar surface area (TPSA) is 59.2 Å². The fourth-order valence-electron chi connectivity index (χ4n) is 1.98. The molecule has 14 heavy (non-hydrogen) atoms. The van der Waals surface area contributed by atoms with Gasteiger partial charge in [-0.25, -0.2) is 0 Å². The van der Waals surface area contributed by atoms with E-state index in [1.807, 2.05) is 0 Å². The molecule has 78 valence electrons. The molecule has 1 aliphatic rings. The number of aliphatic hydroxyl groups is 1. The Kier molecular flexibility index (Phi) is 2.82. The van der Waals surface area contributed by atoms with Crippen LogP contribution in [0.2, 0.25) is 0 Å². The maximum Gasteiger partial charge on any atom is 0.227 e. The van der Waals surface area contributed by atoms with Crippen LogP contribution in [0.3, 0.4) is 0 Å². The molecular weight excluding hydrogens is 180 g/mol. The molecule has 1 aromatic rings. The smallest absolute Gasteiger partial charge is 0.227 e. The molecule has 0 bridgehead atoms. The molecule has 4 heteroatoms. The minimum Gasteiger partial charge on any atom is -0.385 e. The fourth-order valence-corrected chi connectivity index (χ4v) is 1.98. The van der Waals surface area contributed by atoms with E-state index in [-0.39, 0.29) is 0 Å². The monoisotopic (exact) mass is 196 g/mol. The summed E-state index contributed by atoms with van der Waals surface area (Å²) in [6.45, 7) is 1.64. The van der Waals surface area contributed by atoms with Crippen molar-refractivity contribution in [3.63, 3.8) is 0 Å². The lowest BCUT2D eigenvalue weighted by molar-refractivity contribution is 0.184. The third kappa shape index (κ3) is 2.12. The molecule has 1 heterocycles. The van der Waals surface area contributed by atoms with E-state index in [9.17, 15) is 5.11 Å². The molecule has 0 amide bonds. The summed E-state index contributed by atoms with van der Waals surface area (Å²) in [5.41, 5.74) is 0. The molecule has 0 aromatic carbocycles. The Bertz CT molecular complexity index is 290. The molecule has 1 unspecified atom stereocenters. The summed E-state index contributed by atoms with van der Waals surface area (Å²) in [6, 6.07) is 0. The Morgan fingerprint density at radius 2 is 2.21 bits per heavy atom. The Morgan fingerprint density at radius 3 is 2.79 bits per heavy atom. The normalized spacial score (nSPS) is 20.1. The van der Waals surface area contributed by atoms with Gasteiger partial charge in [0.2, 0.25) is 5.89 Å². The third-order valence-corrected chi connectivity index (χ3v) is 2.80. The number of hydrogen-bond acceptors (Lipinski definition) is 4. The van der Waals surface area contributed by atoms with Crippen LogP contribution < -0.4 is 0 Å². The number of nitrogens with zero attached hydrogens (tertiary/aromatic N) is 2. The molecule has 1 fully saturated rings. The van der Waals surface area contributed by atoms with E-state index in [2.05, 4.69) is 10.1 Å². The second kappa shape index (κ2) is 4.09. The van der Waals surface area contributed by atoms with Crippen molar-refractivity contribution in [3.8, 4) is 0 Å². The highest BCUT2D eigenvalue weighted by atomic mass is 16.5. The van der Waals surface area contributed by atoms with Gasteiger partial charge in [-0.05, 0) is 25.7 Å². The van der Waals surface area contributed by atoms with Gasteiger partial charge in [0.1, 0.15) is 6.10 Å². The van der Waals surface area contributed by atoms with E-state index in [1.54, 1.807) is 6.92 Å². The van der Waals surface area contributed by atoms with Crippen molar-refractivity contribution < 1.29 is 9.63 Å². The molecule has 1 saturated carbocycles. The highest BCUT2D eigenvalue weighted by molar-refractivity contribution is 4.91. The first-order chi connectivity index (χ1) is 6.75. The fraction of sp³-hybridized carbons (Fsp3) is 0.800. The van der Waals surface area contributed by atoms with Crippen LogP contribution in [0.5, 0.6) is 0 Å². The number of rotatable bonds is 3. The largest absolute Gasteiger partial charge is 0.385 e. The average molecular weight is 196 g/mol. The van der Waals surface area contributed by atoms with Crippen LogP contribution in [-0.4, -0.2) is 15.2 Å². The summed E-state index contributed by atoms with van der Waals surface area (Å²) in [4.78, 5) is 4.15. The molecule has 0 radical (unpaired) electrons. The lowest BCUT2D eigenvalue weighted by Gasteiger charge is -2.02. The zero-order valence-corrected chi connectivity index (χ0v) is 8.44. The van der Waals surface area contributed by atoms with Crippen molar-refractivity contribution in [1.29, 1.82) is 0 Å². The molecule has 4 nitrogen and oxygen atoms in total. The van der Waals surface area contributed by atoms with Crippen molar-refractivity contribution in [1.82, 2.24) is 10.1 Å². The van der Waals surface area contributed by atoms with Gasteiger partial charge in [-0.2, -0.15) is 4.98 Å². The second-order valence-electron chi connectivity index (χ2n) is 4.08. The zero-order valence-electron chi connectivity index (χ0n) is 8.44. The molecule has 0 saturated heterocycles. The molecule has 1 aliphatic carbocycles. The van der Waals surface area contributed by atoms with Gasteiger partial charge in [-0.15, -0.1) is 0 Å². The minimum atomic E-state index is -0.629. The van der Waals surface area contributed by atoms with Crippen LogP contribution >= 0.6 is 0 Å². The van der Waals surface area contributed by atoms with Crippen molar-refractivity contribution in [2.24, 2.45) is 5.92 Å². The lowest BCUT2D eigenvalue weighted by atomic mass is 10.0. The first-order valence-electron chi connectivity index (χ1n) is 5.26.